The van der Waals surface area contributed by atoms with Gasteiger partial charge in [0.2, 0.25) is 10.0 Å². The van der Waals surface area contributed by atoms with Crippen molar-refractivity contribution in [3.05, 3.63) is 40.7 Å². The fraction of sp³-hybridized carbons (Fsp3) is 0.550. The van der Waals surface area contributed by atoms with E-state index in [2.05, 4.69) is 4.72 Å². The van der Waals surface area contributed by atoms with Crippen LogP contribution in [-0.2, 0) is 29.0 Å². The molecule has 3 unspecified atom stereocenters. The fourth-order valence-electron chi connectivity index (χ4n) is 3.69. The van der Waals surface area contributed by atoms with E-state index in [0.717, 1.165) is 18.2 Å². The molecule has 1 aromatic rings. The van der Waals surface area contributed by atoms with Crippen molar-refractivity contribution in [2.45, 2.75) is 49.1 Å². The molecular weight excluding hydrogens is 485 g/mol. The van der Waals surface area contributed by atoms with Crippen LogP contribution < -0.4 is 4.72 Å². The molecule has 1 aromatic carbocycles. The van der Waals surface area contributed by atoms with Gasteiger partial charge in [-0.1, -0.05) is 11.6 Å². The smallest absolute Gasteiger partial charge is 0.335 e. The second-order valence-corrected chi connectivity index (χ2v) is 9.91. The number of carbonyl (C=O) groups excluding carboxylic acids is 1. The van der Waals surface area contributed by atoms with Gasteiger partial charge in [-0.3, -0.25) is 4.72 Å². The number of hydrogen-bond acceptors (Lipinski definition) is 9. The molecule has 0 saturated carbocycles. The summed E-state index contributed by atoms with van der Waals surface area (Å²) >= 11 is 5.93. The van der Waals surface area contributed by atoms with Crippen molar-refractivity contribution in [1.82, 2.24) is 0 Å². The molecule has 3 rings (SSSR count). The van der Waals surface area contributed by atoms with E-state index in [0.29, 0.717) is 0 Å². The molecule has 0 aromatic heterocycles. The van der Waals surface area contributed by atoms with Crippen molar-refractivity contribution in [3.8, 4) is 0 Å². The second-order valence-electron chi connectivity index (χ2n) is 7.64. The van der Waals surface area contributed by atoms with Gasteiger partial charge in [0.15, 0.2) is 5.79 Å². The average Bonchev–Trinajstić information content (AvgIpc) is 3.17. The molecule has 33 heavy (non-hydrogen) atoms. The fourth-order valence-corrected chi connectivity index (χ4v) is 5.52. The lowest BCUT2D eigenvalue weighted by atomic mass is 9.94. The Kier molecular flexibility index (Phi) is 7.99. The lowest BCUT2D eigenvalue weighted by Gasteiger charge is -2.34. The Balaban J connectivity index is 1.90. The standard InChI is InChI=1S/C20H25ClFNO9S/c1-2-30-19(27)12-8-20(31-10-16(32-20)18(26)15(25)9-24)6-5-17(12)33(28,29)23-14-4-3-11(22)7-13(14)21/h3-4,7-8,15-18,23-26H,2,5-6,9-10H2,1H3/t15-,16-,17?,18?,20?/m1/s1. The van der Waals surface area contributed by atoms with Crippen LogP contribution in [0.1, 0.15) is 19.8 Å². The van der Waals surface area contributed by atoms with Gasteiger partial charge < -0.3 is 29.5 Å². The van der Waals surface area contributed by atoms with Gasteiger partial charge in [-0.25, -0.2) is 17.6 Å². The lowest BCUT2D eigenvalue weighted by molar-refractivity contribution is -0.163. The predicted octanol–water partition coefficient (Wildman–Crippen LogP) is 0.698. The van der Waals surface area contributed by atoms with Gasteiger partial charge >= 0.3 is 5.97 Å². The van der Waals surface area contributed by atoms with Crippen molar-refractivity contribution in [3.63, 3.8) is 0 Å². The predicted molar refractivity (Wildman–Crippen MR) is 114 cm³/mol. The molecule has 4 N–H and O–H groups in total. The van der Waals surface area contributed by atoms with Crippen molar-refractivity contribution >= 4 is 33.3 Å². The highest BCUT2D eigenvalue weighted by Gasteiger charge is 2.50. The van der Waals surface area contributed by atoms with E-state index in [1.807, 2.05) is 0 Å². The number of aliphatic hydroxyl groups is 3. The minimum absolute atomic E-state index is 0.00290. The van der Waals surface area contributed by atoms with Crippen LogP contribution in [0.4, 0.5) is 10.1 Å². The van der Waals surface area contributed by atoms with Crippen molar-refractivity contribution in [1.29, 1.82) is 0 Å². The molecule has 1 heterocycles. The summed E-state index contributed by atoms with van der Waals surface area (Å²) in [6.07, 6.45) is -2.87. The summed E-state index contributed by atoms with van der Waals surface area (Å²) in [7, 11) is -4.24. The van der Waals surface area contributed by atoms with Gasteiger partial charge in [0.25, 0.3) is 0 Å². The van der Waals surface area contributed by atoms with Gasteiger partial charge in [-0.2, -0.15) is 0 Å². The van der Waals surface area contributed by atoms with Crippen molar-refractivity contribution in [2.75, 3.05) is 24.5 Å². The highest BCUT2D eigenvalue weighted by atomic mass is 35.5. The zero-order valence-electron chi connectivity index (χ0n) is 17.6. The molecule has 1 aliphatic heterocycles. The van der Waals surface area contributed by atoms with E-state index < -0.39 is 57.8 Å². The second kappa shape index (κ2) is 10.2. The van der Waals surface area contributed by atoms with Gasteiger partial charge in [-0.05, 0) is 37.6 Å². The Bertz CT molecular complexity index is 1020. The number of ether oxygens (including phenoxy) is 3. The number of aliphatic hydroxyl groups excluding tert-OH is 3. The van der Waals surface area contributed by atoms with E-state index in [9.17, 15) is 27.8 Å². The maximum atomic E-state index is 13.3. The van der Waals surface area contributed by atoms with E-state index in [1.165, 1.54) is 6.08 Å². The number of halogens is 2. The Morgan fingerprint density at radius 2 is 2.15 bits per heavy atom. The molecule has 0 amide bonds. The van der Waals surface area contributed by atoms with Crippen molar-refractivity contribution < 1.29 is 47.1 Å². The lowest BCUT2D eigenvalue weighted by Crippen LogP contribution is -2.44. The van der Waals surface area contributed by atoms with Crippen LogP contribution in [0.5, 0.6) is 0 Å². The minimum Gasteiger partial charge on any atom is -0.463 e. The molecule has 5 atom stereocenters. The molecule has 10 nitrogen and oxygen atoms in total. The Morgan fingerprint density at radius 1 is 1.42 bits per heavy atom. The largest absolute Gasteiger partial charge is 0.463 e. The van der Waals surface area contributed by atoms with Crippen LogP contribution in [0, 0.1) is 5.82 Å². The van der Waals surface area contributed by atoms with Gasteiger partial charge in [0.05, 0.1) is 36.1 Å². The van der Waals surface area contributed by atoms with E-state index >= 15 is 0 Å². The zero-order chi connectivity index (χ0) is 24.4. The topological polar surface area (TPSA) is 152 Å². The number of sulfonamides is 1. The van der Waals surface area contributed by atoms with Crippen LogP contribution in [0.3, 0.4) is 0 Å². The number of nitrogens with one attached hydrogen (secondary N) is 1. The van der Waals surface area contributed by atoms with Crippen LogP contribution in [0.25, 0.3) is 0 Å². The SMILES string of the molecule is CCOC(=O)C1=CC2(CCC1S(=O)(=O)Nc1ccc(F)cc1Cl)OC[C@H](C(O)[C@H](O)CO)O2. The minimum atomic E-state index is -4.24. The summed E-state index contributed by atoms with van der Waals surface area (Å²) in [4.78, 5) is 12.6. The highest BCUT2D eigenvalue weighted by molar-refractivity contribution is 7.93. The van der Waals surface area contributed by atoms with Gasteiger partial charge in [-0.15, -0.1) is 0 Å². The normalized spacial score (nSPS) is 27.2. The molecule has 1 fully saturated rings. The molecule has 13 heteroatoms. The third-order valence-electron chi connectivity index (χ3n) is 5.35. The summed E-state index contributed by atoms with van der Waals surface area (Å²) in [6, 6.07) is 3.15. The first kappa shape index (κ1) is 25.8. The van der Waals surface area contributed by atoms with Crippen LogP contribution in [0.2, 0.25) is 5.02 Å². The highest BCUT2D eigenvalue weighted by Crippen LogP contribution is 2.40. The molecule has 1 aliphatic carbocycles. The monoisotopic (exact) mass is 509 g/mol. The first-order valence-corrected chi connectivity index (χ1v) is 12.1. The third-order valence-corrected chi connectivity index (χ3v) is 7.41. The molecule has 184 valence electrons. The van der Waals surface area contributed by atoms with Crippen LogP contribution in [-0.4, -0.2) is 78.9 Å². The molecule has 2 aliphatic rings. The van der Waals surface area contributed by atoms with E-state index in [-0.39, 0.29) is 42.3 Å². The summed E-state index contributed by atoms with van der Waals surface area (Å²) in [5, 5.41) is 27.3. The number of esters is 1. The summed E-state index contributed by atoms with van der Waals surface area (Å²) in [6.45, 7) is 0.683. The van der Waals surface area contributed by atoms with Gasteiger partial charge in [0.1, 0.15) is 29.4 Å². The first-order chi connectivity index (χ1) is 15.5. The molecule has 0 radical (unpaired) electrons. The number of anilines is 1. The molecule has 1 spiro atoms. The first-order valence-electron chi connectivity index (χ1n) is 10.2. The third kappa shape index (κ3) is 5.65. The summed E-state index contributed by atoms with van der Waals surface area (Å²) in [5.74, 6) is -3.07. The zero-order valence-corrected chi connectivity index (χ0v) is 19.2. The summed E-state index contributed by atoms with van der Waals surface area (Å²) in [5.41, 5.74) is -0.303. The van der Waals surface area contributed by atoms with E-state index in [1.54, 1.807) is 6.92 Å². The van der Waals surface area contributed by atoms with Crippen molar-refractivity contribution in [2.24, 2.45) is 0 Å². The maximum Gasteiger partial charge on any atom is 0.335 e. The number of carbonyl (C=O) groups is 1. The summed E-state index contributed by atoms with van der Waals surface area (Å²) < 4.78 is 58.2. The average molecular weight is 510 g/mol. The quantitative estimate of drug-likeness (QED) is 0.371. The van der Waals surface area contributed by atoms with Crippen LogP contribution in [0.15, 0.2) is 29.8 Å². The molecule has 0 bridgehead atoms. The molecule has 1 saturated heterocycles. The Labute approximate surface area is 195 Å². The van der Waals surface area contributed by atoms with Crippen LogP contribution >= 0.6 is 11.6 Å². The van der Waals surface area contributed by atoms with E-state index in [4.69, 9.17) is 30.9 Å². The Morgan fingerprint density at radius 3 is 2.79 bits per heavy atom. The number of benzene rings is 1. The maximum absolute atomic E-state index is 13.3. The number of rotatable bonds is 8. The van der Waals surface area contributed by atoms with Gasteiger partial charge in [0, 0.05) is 6.42 Å². The Hall–Kier alpha value is -1.80. The number of hydrogen-bond donors (Lipinski definition) is 4. The molecular formula is C20H25ClFNO9S.